The fraction of sp³-hybridized carbons (Fsp3) is 0.300. The van der Waals surface area contributed by atoms with Crippen LogP contribution in [0.2, 0.25) is 0 Å². The lowest BCUT2D eigenvalue weighted by Gasteiger charge is -2.10. The molecule has 0 radical (unpaired) electrons. The number of carbonyl (C=O) groups is 1. The maximum Gasteiger partial charge on any atom is 0.270 e. The number of fused-ring (bicyclic) bond motifs is 1. The molecule has 29 heavy (non-hydrogen) atoms. The van der Waals surface area contributed by atoms with Crippen molar-refractivity contribution < 1.29 is 28.2 Å². The van der Waals surface area contributed by atoms with Gasteiger partial charge in [0.15, 0.2) is 11.4 Å². The van der Waals surface area contributed by atoms with E-state index in [-0.39, 0.29) is 44.4 Å². The minimum atomic E-state index is -0.694. The molecule has 0 fully saturated rings. The first-order valence-corrected chi connectivity index (χ1v) is 9.03. The van der Waals surface area contributed by atoms with Gasteiger partial charge in [0.25, 0.3) is 5.91 Å². The van der Waals surface area contributed by atoms with Crippen LogP contribution in [0.5, 0.6) is 5.75 Å². The smallest absolute Gasteiger partial charge is 0.270 e. The van der Waals surface area contributed by atoms with Crippen LogP contribution in [0.25, 0.3) is 5.65 Å². The molecule has 0 bridgehead atoms. The van der Waals surface area contributed by atoms with Crippen molar-refractivity contribution in [2.45, 2.75) is 13.5 Å². The van der Waals surface area contributed by atoms with Crippen molar-refractivity contribution in [3.8, 4) is 5.75 Å². The molecule has 1 amide bonds. The fourth-order valence-corrected chi connectivity index (χ4v) is 2.85. The Morgan fingerprint density at radius 1 is 1.21 bits per heavy atom. The molecular formula is C20H21F2N3O4. The number of imidazole rings is 1. The van der Waals surface area contributed by atoms with E-state index in [1.807, 2.05) is 0 Å². The number of aliphatic hydroxyl groups excluding tert-OH is 1. The predicted molar refractivity (Wildman–Crippen MR) is 101 cm³/mol. The van der Waals surface area contributed by atoms with Crippen LogP contribution >= 0.6 is 0 Å². The molecule has 0 spiro atoms. The Balaban J connectivity index is 1.78. The van der Waals surface area contributed by atoms with Crippen LogP contribution in [0, 0.1) is 18.6 Å². The van der Waals surface area contributed by atoms with Gasteiger partial charge < -0.3 is 19.9 Å². The summed E-state index contributed by atoms with van der Waals surface area (Å²) in [5.41, 5.74) is 0.985. The number of hydrogen-bond acceptors (Lipinski definition) is 5. The van der Waals surface area contributed by atoms with Crippen molar-refractivity contribution in [3.63, 3.8) is 0 Å². The van der Waals surface area contributed by atoms with Crippen molar-refractivity contribution in [1.29, 1.82) is 0 Å². The molecule has 2 aromatic heterocycles. The van der Waals surface area contributed by atoms with E-state index >= 15 is 0 Å². The number of halogens is 2. The Morgan fingerprint density at radius 3 is 2.69 bits per heavy atom. The zero-order chi connectivity index (χ0) is 20.8. The second kappa shape index (κ2) is 9.44. The third kappa shape index (κ3) is 4.69. The van der Waals surface area contributed by atoms with Gasteiger partial charge in [-0.2, -0.15) is 0 Å². The molecule has 2 heterocycles. The summed E-state index contributed by atoms with van der Waals surface area (Å²) in [7, 11) is 0. The minimum absolute atomic E-state index is 0.0835. The fourth-order valence-electron chi connectivity index (χ4n) is 2.85. The van der Waals surface area contributed by atoms with Crippen molar-refractivity contribution >= 4 is 11.6 Å². The van der Waals surface area contributed by atoms with E-state index in [0.29, 0.717) is 22.8 Å². The Kier molecular flexibility index (Phi) is 6.73. The summed E-state index contributed by atoms with van der Waals surface area (Å²) in [5.74, 6) is -1.44. The van der Waals surface area contributed by atoms with Crippen LogP contribution < -0.4 is 10.1 Å². The molecule has 3 aromatic rings. The highest BCUT2D eigenvalue weighted by molar-refractivity contribution is 5.94. The average molecular weight is 405 g/mol. The molecule has 0 aliphatic heterocycles. The molecule has 0 saturated heterocycles. The molecule has 0 atom stereocenters. The number of aromatic nitrogens is 2. The van der Waals surface area contributed by atoms with Crippen LogP contribution in [0.4, 0.5) is 8.78 Å². The molecular weight excluding hydrogens is 384 g/mol. The standard InChI is InChI=1S/C20H21F2N3O4/c1-13-18(20(27)23-7-10-28-11-9-26)25-8-3-6-17(19(25)24-13)29-12-14-15(21)4-2-5-16(14)22/h2-6,8,26H,7,9-12H2,1H3,(H,23,27). The van der Waals surface area contributed by atoms with Gasteiger partial charge in [0, 0.05) is 12.7 Å². The van der Waals surface area contributed by atoms with E-state index in [9.17, 15) is 13.6 Å². The Bertz CT molecular complexity index is 987. The predicted octanol–water partition coefficient (Wildman–Crippen LogP) is 2.24. The molecule has 3 rings (SSSR count). The summed E-state index contributed by atoms with van der Waals surface area (Å²) in [6.45, 7) is 2.03. The Morgan fingerprint density at radius 2 is 1.97 bits per heavy atom. The number of hydrogen-bond donors (Lipinski definition) is 2. The minimum Gasteiger partial charge on any atom is -0.485 e. The van der Waals surface area contributed by atoms with Gasteiger partial charge in [-0.3, -0.25) is 9.20 Å². The van der Waals surface area contributed by atoms with Crippen molar-refractivity contribution in [2.75, 3.05) is 26.4 Å². The van der Waals surface area contributed by atoms with Gasteiger partial charge in [0.2, 0.25) is 0 Å². The van der Waals surface area contributed by atoms with E-state index < -0.39 is 11.6 Å². The molecule has 7 nitrogen and oxygen atoms in total. The van der Waals surface area contributed by atoms with E-state index in [1.165, 1.54) is 6.07 Å². The van der Waals surface area contributed by atoms with Gasteiger partial charge >= 0.3 is 0 Å². The second-order valence-corrected chi connectivity index (χ2v) is 6.19. The molecule has 0 aliphatic carbocycles. The highest BCUT2D eigenvalue weighted by Gasteiger charge is 2.19. The van der Waals surface area contributed by atoms with Gasteiger partial charge in [-0.25, -0.2) is 13.8 Å². The van der Waals surface area contributed by atoms with Gasteiger partial charge in [-0.15, -0.1) is 0 Å². The normalized spacial score (nSPS) is 11.0. The van der Waals surface area contributed by atoms with Crippen LogP contribution in [0.1, 0.15) is 21.7 Å². The Hall–Kier alpha value is -3.04. The summed E-state index contributed by atoms with van der Waals surface area (Å²) in [4.78, 5) is 16.9. The summed E-state index contributed by atoms with van der Waals surface area (Å²) >= 11 is 0. The molecule has 1 aromatic carbocycles. The van der Waals surface area contributed by atoms with Crippen LogP contribution in [-0.2, 0) is 11.3 Å². The number of carbonyl (C=O) groups excluding carboxylic acids is 1. The number of aliphatic hydroxyl groups is 1. The number of amides is 1. The number of ether oxygens (including phenoxy) is 2. The molecule has 2 N–H and O–H groups in total. The molecule has 0 unspecified atom stereocenters. The first-order chi connectivity index (χ1) is 14.0. The number of rotatable bonds is 9. The van der Waals surface area contributed by atoms with Gasteiger partial charge in [0.05, 0.1) is 31.1 Å². The van der Waals surface area contributed by atoms with Gasteiger partial charge in [-0.05, 0) is 31.2 Å². The lowest BCUT2D eigenvalue weighted by molar-refractivity contribution is 0.0834. The number of pyridine rings is 1. The van der Waals surface area contributed by atoms with Gasteiger partial charge in [0.1, 0.15) is 23.9 Å². The number of aryl methyl sites for hydroxylation is 1. The molecule has 0 saturated carbocycles. The third-order valence-corrected chi connectivity index (χ3v) is 4.20. The lowest BCUT2D eigenvalue weighted by atomic mass is 10.2. The quantitative estimate of drug-likeness (QED) is 0.534. The van der Waals surface area contributed by atoms with E-state index in [1.54, 1.807) is 29.7 Å². The SMILES string of the molecule is Cc1nc2c(OCc3c(F)cccc3F)cccn2c1C(=O)NCCOCCO. The molecule has 0 aliphatic rings. The third-order valence-electron chi connectivity index (χ3n) is 4.20. The zero-order valence-corrected chi connectivity index (χ0v) is 15.8. The highest BCUT2D eigenvalue weighted by atomic mass is 19.1. The average Bonchev–Trinajstić information content (AvgIpc) is 3.04. The van der Waals surface area contributed by atoms with Crippen molar-refractivity contribution in [2.24, 2.45) is 0 Å². The summed E-state index contributed by atoms with van der Waals surface area (Å²) in [5, 5.41) is 11.4. The van der Waals surface area contributed by atoms with Crippen LogP contribution in [0.15, 0.2) is 36.5 Å². The number of nitrogens with one attached hydrogen (secondary N) is 1. The van der Waals surface area contributed by atoms with E-state index in [4.69, 9.17) is 14.6 Å². The monoisotopic (exact) mass is 405 g/mol. The number of nitrogens with zero attached hydrogens (tertiary/aromatic N) is 2. The number of benzene rings is 1. The maximum atomic E-state index is 13.8. The van der Waals surface area contributed by atoms with Crippen molar-refractivity contribution in [1.82, 2.24) is 14.7 Å². The summed E-state index contributed by atoms with van der Waals surface area (Å²) in [6, 6.07) is 6.88. The molecule has 154 valence electrons. The summed E-state index contributed by atoms with van der Waals surface area (Å²) < 4.78 is 39.9. The topological polar surface area (TPSA) is 85.1 Å². The summed E-state index contributed by atoms with van der Waals surface area (Å²) in [6.07, 6.45) is 1.66. The zero-order valence-electron chi connectivity index (χ0n) is 15.8. The maximum absolute atomic E-state index is 13.8. The van der Waals surface area contributed by atoms with E-state index in [0.717, 1.165) is 12.1 Å². The lowest BCUT2D eigenvalue weighted by Crippen LogP contribution is -2.29. The van der Waals surface area contributed by atoms with Crippen LogP contribution in [-0.4, -0.2) is 46.8 Å². The van der Waals surface area contributed by atoms with E-state index in [2.05, 4.69) is 10.3 Å². The van der Waals surface area contributed by atoms with Crippen molar-refractivity contribution in [3.05, 3.63) is 65.1 Å². The largest absolute Gasteiger partial charge is 0.485 e. The first-order valence-electron chi connectivity index (χ1n) is 9.03. The molecule has 9 heteroatoms. The van der Waals surface area contributed by atoms with Gasteiger partial charge in [-0.1, -0.05) is 6.07 Å². The van der Waals surface area contributed by atoms with Crippen LogP contribution in [0.3, 0.4) is 0 Å². The Labute approximate surface area is 165 Å². The second-order valence-electron chi connectivity index (χ2n) is 6.19. The highest BCUT2D eigenvalue weighted by Crippen LogP contribution is 2.24. The first kappa shape index (κ1) is 20.7.